The lowest BCUT2D eigenvalue weighted by molar-refractivity contribution is 0.0992. The second-order valence-corrected chi connectivity index (χ2v) is 5.52. The normalized spacial score (nSPS) is 10.3. The molecule has 0 radical (unpaired) electrons. The highest BCUT2D eigenvalue weighted by atomic mass is 16.5. The van der Waals surface area contributed by atoms with E-state index in [1.807, 2.05) is 43.3 Å². The molecule has 0 unspecified atom stereocenters. The van der Waals surface area contributed by atoms with E-state index in [0.717, 1.165) is 30.0 Å². The van der Waals surface area contributed by atoms with Gasteiger partial charge in [0.1, 0.15) is 11.5 Å². The summed E-state index contributed by atoms with van der Waals surface area (Å²) in [6, 6.07) is 14.8. The highest BCUT2D eigenvalue weighted by Crippen LogP contribution is 2.21. The first-order valence-electron chi connectivity index (χ1n) is 8.39. The zero-order chi connectivity index (χ0) is 17.4. The van der Waals surface area contributed by atoms with Gasteiger partial charge in [0.2, 0.25) is 0 Å². The maximum absolute atomic E-state index is 12.7. The van der Waals surface area contributed by atoms with Gasteiger partial charge in [0, 0.05) is 18.3 Å². The maximum Gasteiger partial charge on any atom is 0.258 e. The number of nitrogens with zero attached hydrogens (tertiary/aromatic N) is 1. The smallest absolute Gasteiger partial charge is 0.258 e. The molecule has 24 heavy (non-hydrogen) atoms. The van der Waals surface area contributed by atoms with Gasteiger partial charge in [0.15, 0.2) is 0 Å². The molecule has 2 rings (SSSR count). The summed E-state index contributed by atoms with van der Waals surface area (Å²) in [5, 5.41) is 0. The Kier molecular flexibility index (Phi) is 6.67. The molecule has 0 spiro atoms. The fourth-order valence-corrected chi connectivity index (χ4v) is 2.30. The van der Waals surface area contributed by atoms with Gasteiger partial charge in [-0.25, -0.2) is 0 Å². The van der Waals surface area contributed by atoms with Gasteiger partial charge < -0.3 is 14.4 Å². The van der Waals surface area contributed by atoms with Crippen molar-refractivity contribution < 1.29 is 14.3 Å². The minimum atomic E-state index is -0.0694. The average Bonchev–Trinajstić information content (AvgIpc) is 2.62. The zero-order valence-electron chi connectivity index (χ0n) is 14.6. The van der Waals surface area contributed by atoms with Crippen LogP contribution in [0.3, 0.4) is 0 Å². The molecule has 0 heterocycles. The largest absolute Gasteiger partial charge is 0.494 e. The summed E-state index contributed by atoms with van der Waals surface area (Å²) in [7, 11) is 1.77. The van der Waals surface area contributed by atoms with Crippen molar-refractivity contribution in [2.75, 3.05) is 25.2 Å². The van der Waals surface area contributed by atoms with E-state index in [4.69, 9.17) is 9.47 Å². The van der Waals surface area contributed by atoms with E-state index in [2.05, 4.69) is 6.92 Å². The first kappa shape index (κ1) is 17.9. The number of unbranched alkanes of at least 4 members (excludes halogenated alkanes) is 1. The van der Waals surface area contributed by atoms with Gasteiger partial charge in [-0.05, 0) is 55.8 Å². The molecule has 0 atom stereocenters. The summed E-state index contributed by atoms with van der Waals surface area (Å²) < 4.78 is 11.1. The predicted molar refractivity (Wildman–Crippen MR) is 97.2 cm³/mol. The third-order valence-electron chi connectivity index (χ3n) is 3.69. The van der Waals surface area contributed by atoms with Crippen LogP contribution in [0.4, 0.5) is 5.69 Å². The number of ether oxygens (including phenoxy) is 2. The number of amides is 1. The molecule has 128 valence electrons. The number of rotatable bonds is 8. The average molecular weight is 327 g/mol. The zero-order valence-corrected chi connectivity index (χ0v) is 14.6. The van der Waals surface area contributed by atoms with Crippen LogP contribution in [0.1, 0.15) is 37.0 Å². The van der Waals surface area contributed by atoms with Crippen molar-refractivity contribution in [3.8, 4) is 11.5 Å². The van der Waals surface area contributed by atoms with E-state index < -0.39 is 0 Å². The Morgan fingerprint density at radius 3 is 2.42 bits per heavy atom. The predicted octanol–water partition coefficient (Wildman–Crippen LogP) is 4.54. The number of anilines is 1. The van der Waals surface area contributed by atoms with Crippen LogP contribution in [0.15, 0.2) is 48.5 Å². The van der Waals surface area contributed by atoms with Crippen molar-refractivity contribution in [1.82, 2.24) is 0 Å². The molecule has 0 saturated heterocycles. The van der Waals surface area contributed by atoms with Gasteiger partial charge in [0.25, 0.3) is 5.91 Å². The number of benzene rings is 2. The minimum Gasteiger partial charge on any atom is -0.494 e. The lowest BCUT2D eigenvalue weighted by Crippen LogP contribution is -2.26. The lowest BCUT2D eigenvalue weighted by atomic mass is 10.1. The second-order valence-electron chi connectivity index (χ2n) is 5.52. The minimum absolute atomic E-state index is 0.0694. The van der Waals surface area contributed by atoms with Crippen LogP contribution >= 0.6 is 0 Å². The molecule has 0 fully saturated rings. The molecular weight excluding hydrogens is 302 g/mol. The highest BCUT2D eigenvalue weighted by Gasteiger charge is 2.14. The Morgan fingerprint density at radius 2 is 1.75 bits per heavy atom. The quantitative estimate of drug-likeness (QED) is 0.668. The van der Waals surface area contributed by atoms with Gasteiger partial charge in [-0.1, -0.05) is 19.4 Å². The molecule has 0 aliphatic carbocycles. The van der Waals surface area contributed by atoms with Crippen LogP contribution in [0.25, 0.3) is 0 Å². The number of carbonyl (C=O) groups is 1. The third kappa shape index (κ3) is 4.75. The Labute approximate surface area is 144 Å². The van der Waals surface area contributed by atoms with Crippen molar-refractivity contribution in [2.24, 2.45) is 0 Å². The summed E-state index contributed by atoms with van der Waals surface area (Å²) in [5.74, 6) is 1.46. The third-order valence-corrected chi connectivity index (χ3v) is 3.69. The van der Waals surface area contributed by atoms with E-state index in [1.165, 1.54) is 0 Å². The number of hydrogen-bond acceptors (Lipinski definition) is 3. The first-order chi connectivity index (χ1) is 11.7. The highest BCUT2D eigenvalue weighted by molar-refractivity contribution is 6.05. The molecule has 1 amide bonds. The van der Waals surface area contributed by atoms with Gasteiger partial charge in [-0.15, -0.1) is 0 Å². The molecule has 0 aliphatic rings. The molecule has 0 bridgehead atoms. The number of hydrogen-bond donors (Lipinski definition) is 0. The maximum atomic E-state index is 12.7. The monoisotopic (exact) mass is 327 g/mol. The topological polar surface area (TPSA) is 38.8 Å². The van der Waals surface area contributed by atoms with E-state index >= 15 is 0 Å². The van der Waals surface area contributed by atoms with Crippen LogP contribution in [0.2, 0.25) is 0 Å². The van der Waals surface area contributed by atoms with E-state index in [0.29, 0.717) is 18.8 Å². The Morgan fingerprint density at radius 1 is 1.00 bits per heavy atom. The van der Waals surface area contributed by atoms with E-state index in [1.54, 1.807) is 24.1 Å². The molecule has 4 nitrogen and oxygen atoms in total. The molecule has 0 saturated carbocycles. The fraction of sp³-hybridized carbons (Fsp3) is 0.350. The van der Waals surface area contributed by atoms with Crippen molar-refractivity contribution in [2.45, 2.75) is 26.7 Å². The van der Waals surface area contributed by atoms with Crippen molar-refractivity contribution in [3.05, 3.63) is 54.1 Å². The molecule has 0 N–H and O–H groups in total. The molecule has 4 heteroatoms. The summed E-state index contributed by atoms with van der Waals surface area (Å²) >= 11 is 0. The Bertz CT molecular complexity index is 652. The molecular formula is C20H25NO3. The first-order valence-corrected chi connectivity index (χ1v) is 8.39. The Balaban J connectivity index is 2.08. The van der Waals surface area contributed by atoms with Crippen LogP contribution in [-0.2, 0) is 0 Å². The van der Waals surface area contributed by atoms with Crippen LogP contribution < -0.4 is 14.4 Å². The standard InChI is InChI=1S/C20H25NO3/c1-4-6-14-24-19-9-7-8-16(15-19)20(22)21(3)17-10-12-18(13-11-17)23-5-2/h7-13,15H,4-6,14H2,1-3H3. The second kappa shape index (κ2) is 8.96. The van der Waals surface area contributed by atoms with Crippen LogP contribution in [-0.4, -0.2) is 26.2 Å². The molecule has 2 aromatic carbocycles. The summed E-state index contributed by atoms with van der Waals surface area (Å²) in [6.07, 6.45) is 2.09. The van der Waals surface area contributed by atoms with Crippen LogP contribution in [0, 0.1) is 0 Å². The van der Waals surface area contributed by atoms with E-state index in [-0.39, 0.29) is 5.91 Å². The number of carbonyl (C=O) groups excluding carboxylic acids is 1. The van der Waals surface area contributed by atoms with Crippen LogP contribution in [0.5, 0.6) is 11.5 Å². The molecule has 0 aliphatic heterocycles. The van der Waals surface area contributed by atoms with Gasteiger partial charge in [0.05, 0.1) is 13.2 Å². The van der Waals surface area contributed by atoms with Gasteiger partial charge in [-0.2, -0.15) is 0 Å². The van der Waals surface area contributed by atoms with Crippen molar-refractivity contribution >= 4 is 11.6 Å². The molecule has 2 aromatic rings. The van der Waals surface area contributed by atoms with Gasteiger partial charge in [-0.3, -0.25) is 4.79 Å². The van der Waals surface area contributed by atoms with Gasteiger partial charge >= 0.3 is 0 Å². The van der Waals surface area contributed by atoms with Crippen molar-refractivity contribution in [1.29, 1.82) is 0 Å². The summed E-state index contributed by atoms with van der Waals surface area (Å²) in [5.41, 5.74) is 1.43. The van der Waals surface area contributed by atoms with Crippen molar-refractivity contribution in [3.63, 3.8) is 0 Å². The summed E-state index contributed by atoms with van der Waals surface area (Å²) in [4.78, 5) is 14.3. The van der Waals surface area contributed by atoms with E-state index in [9.17, 15) is 4.79 Å². The molecule has 0 aromatic heterocycles. The summed E-state index contributed by atoms with van der Waals surface area (Å²) in [6.45, 7) is 5.36. The lowest BCUT2D eigenvalue weighted by Gasteiger charge is -2.18. The Hall–Kier alpha value is -2.49. The SMILES string of the molecule is CCCCOc1cccc(C(=O)N(C)c2ccc(OCC)cc2)c1. The fourth-order valence-electron chi connectivity index (χ4n) is 2.30.